The molecule has 6 heteroatoms. The molecule has 4 rings (SSSR count). The predicted octanol–water partition coefficient (Wildman–Crippen LogP) is 6.40. The highest BCUT2D eigenvalue weighted by Gasteiger charge is 2.23. The number of rotatable bonds is 7. The maximum atomic E-state index is 13.6. The molecular formula is C27H29N3O2S. The van der Waals surface area contributed by atoms with Crippen molar-refractivity contribution in [1.82, 2.24) is 9.55 Å². The summed E-state index contributed by atoms with van der Waals surface area (Å²) in [6, 6.07) is 15.4. The van der Waals surface area contributed by atoms with Gasteiger partial charge in [0, 0.05) is 16.6 Å². The maximum Gasteiger partial charge on any atom is 0.263 e. The standard InChI is InChI=1S/C27H29N3O2S/c1-5-18-11-13-19(14-12-18)21-15-33-26-24(21)27(32)30(16-28-26)23(6-2)25(31)29-22-10-8-7-9-20(22)17(3)4/h7-17,23H,5-6H2,1-4H3,(H,29,31). The Kier molecular flexibility index (Phi) is 6.75. The number of thiophene rings is 1. The summed E-state index contributed by atoms with van der Waals surface area (Å²) in [4.78, 5) is 32.1. The Morgan fingerprint density at radius 3 is 2.48 bits per heavy atom. The lowest BCUT2D eigenvalue weighted by molar-refractivity contribution is -0.119. The zero-order valence-electron chi connectivity index (χ0n) is 19.5. The number of fused-ring (bicyclic) bond motifs is 1. The number of benzene rings is 2. The molecule has 0 bridgehead atoms. The van der Waals surface area contributed by atoms with Crippen LogP contribution in [0.4, 0.5) is 5.69 Å². The van der Waals surface area contributed by atoms with Gasteiger partial charge >= 0.3 is 0 Å². The molecule has 0 saturated heterocycles. The molecule has 2 heterocycles. The van der Waals surface area contributed by atoms with Crippen LogP contribution in [0.3, 0.4) is 0 Å². The SMILES string of the molecule is CCc1ccc(-c2csc3ncn(C(CC)C(=O)Nc4ccccc4C(C)C)c(=O)c23)cc1. The fraction of sp³-hybridized carbons (Fsp3) is 0.296. The minimum Gasteiger partial charge on any atom is -0.324 e. The van der Waals surface area contributed by atoms with E-state index in [-0.39, 0.29) is 17.4 Å². The molecule has 0 aliphatic carbocycles. The number of aromatic nitrogens is 2. The average molecular weight is 460 g/mol. The lowest BCUT2D eigenvalue weighted by atomic mass is 10.0. The van der Waals surface area contributed by atoms with Gasteiger partial charge in [0.1, 0.15) is 10.9 Å². The van der Waals surface area contributed by atoms with Crippen LogP contribution in [0, 0.1) is 0 Å². The first-order chi connectivity index (χ1) is 15.9. The molecule has 0 aliphatic rings. The van der Waals surface area contributed by atoms with Crippen LogP contribution in [0.1, 0.15) is 57.2 Å². The fourth-order valence-electron chi connectivity index (χ4n) is 4.14. The number of para-hydroxylation sites is 1. The van der Waals surface area contributed by atoms with Crippen molar-refractivity contribution in [3.63, 3.8) is 0 Å². The summed E-state index contributed by atoms with van der Waals surface area (Å²) in [5, 5.41) is 5.59. The number of anilines is 1. The monoisotopic (exact) mass is 459 g/mol. The molecule has 1 amide bonds. The van der Waals surface area contributed by atoms with E-state index in [1.165, 1.54) is 27.8 Å². The molecular weight excluding hydrogens is 430 g/mol. The lowest BCUT2D eigenvalue weighted by Gasteiger charge is -2.20. The molecule has 1 atom stereocenters. The second-order valence-corrected chi connectivity index (χ2v) is 9.35. The highest BCUT2D eigenvalue weighted by atomic mass is 32.1. The summed E-state index contributed by atoms with van der Waals surface area (Å²) in [5.41, 5.74) is 4.76. The highest BCUT2D eigenvalue weighted by molar-refractivity contribution is 7.17. The fourth-order valence-corrected chi connectivity index (χ4v) is 5.05. The molecule has 0 radical (unpaired) electrons. The topological polar surface area (TPSA) is 64.0 Å². The first kappa shape index (κ1) is 22.9. The molecule has 1 N–H and O–H groups in total. The Morgan fingerprint density at radius 1 is 1.09 bits per heavy atom. The number of carbonyl (C=O) groups excluding carboxylic acids is 1. The van der Waals surface area contributed by atoms with E-state index < -0.39 is 6.04 Å². The molecule has 5 nitrogen and oxygen atoms in total. The number of nitrogens with zero attached hydrogens (tertiary/aromatic N) is 2. The van der Waals surface area contributed by atoms with E-state index in [0.717, 1.165) is 28.8 Å². The van der Waals surface area contributed by atoms with Gasteiger partial charge in [-0.2, -0.15) is 0 Å². The Bertz CT molecular complexity index is 1340. The van der Waals surface area contributed by atoms with Gasteiger partial charge < -0.3 is 5.32 Å². The maximum absolute atomic E-state index is 13.6. The number of aryl methyl sites for hydroxylation is 1. The van der Waals surface area contributed by atoms with E-state index in [1.807, 2.05) is 48.7 Å². The van der Waals surface area contributed by atoms with Gasteiger partial charge in [0.05, 0.1) is 11.7 Å². The summed E-state index contributed by atoms with van der Waals surface area (Å²) in [5.74, 6) is 0.0627. The van der Waals surface area contributed by atoms with Gasteiger partial charge in [-0.15, -0.1) is 11.3 Å². The van der Waals surface area contributed by atoms with Crippen LogP contribution in [0.15, 0.2) is 65.0 Å². The van der Waals surface area contributed by atoms with Gasteiger partial charge in [0.25, 0.3) is 5.56 Å². The van der Waals surface area contributed by atoms with Crippen molar-refractivity contribution in [3.8, 4) is 11.1 Å². The van der Waals surface area contributed by atoms with Crippen LogP contribution >= 0.6 is 11.3 Å². The quantitative estimate of drug-likeness (QED) is 0.348. The van der Waals surface area contributed by atoms with E-state index in [9.17, 15) is 9.59 Å². The zero-order chi connectivity index (χ0) is 23.5. The van der Waals surface area contributed by atoms with Gasteiger partial charge in [-0.3, -0.25) is 14.2 Å². The third kappa shape index (κ3) is 4.48. The van der Waals surface area contributed by atoms with Crippen molar-refractivity contribution < 1.29 is 4.79 Å². The zero-order valence-corrected chi connectivity index (χ0v) is 20.3. The molecule has 2 aromatic carbocycles. The lowest BCUT2D eigenvalue weighted by Crippen LogP contribution is -2.33. The van der Waals surface area contributed by atoms with Crippen LogP contribution in [0.25, 0.3) is 21.3 Å². The molecule has 1 unspecified atom stereocenters. The van der Waals surface area contributed by atoms with Crippen LogP contribution in [-0.2, 0) is 11.2 Å². The summed E-state index contributed by atoms with van der Waals surface area (Å²) in [7, 11) is 0. The first-order valence-corrected chi connectivity index (χ1v) is 12.3. The third-order valence-corrected chi connectivity index (χ3v) is 6.94. The number of hydrogen-bond acceptors (Lipinski definition) is 4. The summed E-state index contributed by atoms with van der Waals surface area (Å²) in [6.07, 6.45) is 2.95. The van der Waals surface area contributed by atoms with Crippen LogP contribution in [0.5, 0.6) is 0 Å². The highest BCUT2D eigenvalue weighted by Crippen LogP contribution is 2.31. The van der Waals surface area contributed by atoms with Gasteiger partial charge in [-0.1, -0.05) is 70.2 Å². The molecule has 170 valence electrons. The first-order valence-electron chi connectivity index (χ1n) is 11.4. The van der Waals surface area contributed by atoms with E-state index in [4.69, 9.17) is 0 Å². The number of carbonyl (C=O) groups is 1. The average Bonchev–Trinajstić information content (AvgIpc) is 3.26. The minimum absolute atomic E-state index is 0.185. The summed E-state index contributed by atoms with van der Waals surface area (Å²) in [6.45, 7) is 8.21. The molecule has 33 heavy (non-hydrogen) atoms. The van der Waals surface area contributed by atoms with Crippen molar-refractivity contribution in [2.24, 2.45) is 0 Å². The smallest absolute Gasteiger partial charge is 0.263 e. The van der Waals surface area contributed by atoms with Gasteiger partial charge in [-0.05, 0) is 41.5 Å². The Balaban J connectivity index is 1.73. The van der Waals surface area contributed by atoms with Gasteiger partial charge in [0.2, 0.25) is 5.91 Å². The normalized spacial score (nSPS) is 12.3. The molecule has 4 aromatic rings. The van der Waals surface area contributed by atoms with Crippen molar-refractivity contribution in [2.75, 3.05) is 5.32 Å². The summed E-state index contributed by atoms with van der Waals surface area (Å²) < 4.78 is 1.48. The van der Waals surface area contributed by atoms with Crippen molar-refractivity contribution in [1.29, 1.82) is 0 Å². The Hall–Kier alpha value is -3.25. The minimum atomic E-state index is -0.648. The largest absolute Gasteiger partial charge is 0.324 e. The molecule has 0 saturated carbocycles. The Morgan fingerprint density at radius 2 is 1.82 bits per heavy atom. The van der Waals surface area contributed by atoms with Crippen LogP contribution < -0.4 is 10.9 Å². The molecule has 0 spiro atoms. The summed E-state index contributed by atoms with van der Waals surface area (Å²) >= 11 is 1.45. The van der Waals surface area contributed by atoms with Crippen LogP contribution in [-0.4, -0.2) is 15.5 Å². The predicted molar refractivity (Wildman–Crippen MR) is 137 cm³/mol. The van der Waals surface area contributed by atoms with Crippen LogP contribution in [0.2, 0.25) is 0 Å². The second kappa shape index (κ2) is 9.71. The van der Waals surface area contributed by atoms with Crippen molar-refractivity contribution in [2.45, 2.75) is 52.5 Å². The molecule has 0 fully saturated rings. The van der Waals surface area contributed by atoms with E-state index in [1.54, 1.807) is 0 Å². The van der Waals surface area contributed by atoms with E-state index in [0.29, 0.717) is 16.6 Å². The van der Waals surface area contributed by atoms with Crippen molar-refractivity contribution >= 4 is 33.1 Å². The third-order valence-electron chi connectivity index (χ3n) is 6.06. The number of amides is 1. The Labute approximate surface area is 198 Å². The van der Waals surface area contributed by atoms with Crippen molar-refractivity contribution in [3.05, 3.63) is 81.7 Å². The molecule has 2 aromatic heterocycles. The number of nitrogens with one attached hydrogen (secondary N) is 1. The second-order valence-electron chi connectivity index (χ2n) is 8.49. The van der Waals surface area contributed by atoms with E-state index in [2.05, 4.69) is 43.2 Å². The number of hydrogen-bond donors (Lipinski definition) is 1. The van der Waals surface area contributed by atoms with Gasteiger partial charge in [-0.25, -0.2) is 4.98 Å². The molecule has 0 aliphatic heterocycles. The van der Waals surface area contributed by atoms with E-state index >= 15 is 0 Å². The van der Waals surface area contributed by atoms with Gasteiger partial charge in [0.15, 0.2) is 0 Å².